The summed E-state index contributed by atoms with van der Waals surface area (Å²) in [6.07, 6.45) is -0.405. The quantitative estimate of drug-likeness (QED) is 0.445. The molecule has 3 nitrogen and oxygen atoms in total. The Kier molecular flexibility index (Phi) is 4.38. The molecular formula is C3H6ClO3P. The van der Waals surface area contributed by atoms with Gasteiger partial charge in [-0.15, -0.1) is 16.1 Å². The zero-order valence-corrected chi connectivity index (χ0v) is 5.98. The molecule has 2 unspecified atom stereocenters. The van der Waals surface area contributed by atoms with Gasteiger partial charge in [0, 0.05) is 0 Å². The largest absolute Gasteiger partial charge is 0.566 e. The molecule has 0 spiro atoms. The van der Waals surface area contributed by atoms with Crippen molar-refractivity contribution >= 4 is 19.9 Å². The van der Waals surface area contributed by atoms with Crippen LogP contribution in [0.25, 0.3) is 0 Å². The Balaban J connectivity index is 3.24. The molecule has 0 aromatic carbocycles. The molecular weight excluding hydrogens is 150 g/mol. The summed E-state index contributed by atoms with van der Waals surface area (Å²) >= 11 is 5.20. The van der Waals surface area contributed by atoms with E-state index >= 15 is 0 Å². The minimum Gasteiger partial charge on any atom is -0.566 e. The molecule has 5 heteroatoms. The van der Waals surface area contributed by atoms with E-state index in [0.29, 0.717) is 0 Å². The summed E-state index contributed by atoms with van der Waals surface area (Å²) in [6.45, 7) is 1.58. The number of alkyl halides is 1. The predicted molar refractivity (Wildman–Crippen MR) is 28.9 cm³/mol. The highest BCUT2D eigenvalue weighted by atomic mass is 35.5. The third-order valence-corrected chi connectivity index (χ3v) is 1.45. The van der Waals surface area contributed by atoms with E-state index in [0.717, 1.165) is 0 Å². The smallest absolute Gasteiger partial charge is 0.488 e. The SMILES string of the molecule is CC(CCl)O[P+](=O)[O-]. The molecule has 0 aromatic rings. The second kappa shape index (κ2) is 4.21. The lowest BCUT2D eigenvalue weighted by atomic mass is 10.5. The van der Waals surface area contributed by atoms with Crippen LogP contribution in [0.15, 0.2) is 0 Å². The molecule has 0 N–H and O–H groups in total. The molecule has 0 amide bonds. The van der Waals surface area contributed by atoms with Gasteiger partial charge in [0.2, 0.25) is 0 Å². The highest BCUT2D eigenvalue weighted by molar-refractivity contribution is 7.30. The minimum absolute atomic E-state index is 0.198. The molecule has 0 radical (unpaired) electrons. The van der Waals surface area contributed by atoms with Crippen molar-refractivity contribution < 1.29 is 14.0 Å². The van der Waals surface area contributed by atoms with Gasteiger partial charge in [-0.05, 0) is 11.5 Å². The third kappa shape index (κ3) is 4.47. The van der Waals surface area contributed by atoms with Gasteiger partial charge in [0.25, 0.3) is 0 Å². The molecule has 0 fully saturated rings. The molecule has 0 aliphatic rings. The monoisotopic (exact) mass is 156 g/mol. The van der Waals surface area contributed by atoms with Crippen molar-refractivity contribution in [2.24, 2.45) is 0 Å². The first kappa shape index (κ1) is 8.31. The molecule has 0 aliphatic carbocycles. The Hall–Kier alpha value is 0.310. The number of halogens is 1. The van der Waals surface area contributed by atoms with Crippen molar-refractivity contribution in [3.8, 4) is 0 Å². The first-order valence-corrected chi connectivity index (χ1v) is 3.67. The second-order valence-corrected chi connectivity index (χ2v) is 2.26. The van der Waals surface area contributed by atoms with Gasteiger partial charge in [0.15, 0.2) is 0 Å². The zero-order chi connectivity index (χ0) is 6.57. The molecule has 0 bridgehead atoms. The Morgan fingerprint density at radius 2 is 2.50 bits per heavy atom. The summed E-state index contributed by atoms with van der Waals surface area (Å²) in [5.74, 6) is 0.198. The first-order chi connectivity index (χ1) is 3.66. The van der Waals surface area contributed by atoms with E-state index in [9.17, 15) is 9.46 Å². The number of hydrogen-bond acceptors (Lipinski definition) is 3. The average Bonchev–Trinajstić information content (AvgIpc) is 1.65. The van der Waals surface area contributed by atoms with Crippen molar-refractivity contribution in [2.45, 2.75) is 13.0 Å². The van der Waals surface area contributed by atoms with Crippen LogP contribution in [0.4, 0.5) is 0 Å². The van der Waals surface area contributed by atoms with Crippen molar-refractivity contribution in [3.05, 3.63) is 0 Å². The standard InChI is InChI=1S/C3H6ClO3P/c1-3(2-4)7-8(5)6/h3H,2H2,1H3. The molecule has 0 heterocycles. The second-order valence-electron chi connectivity index (χ2n) is 1.29. The minimum atomic E-state index is -2.73. The lowest BCUT2D eigenvalue weighted by molar-refractivity contribution is -0.188. The maximum absolute atomic E-state index is 9.72. The summed E-state index contributed by atoms with van der Waals surface area (Å²) in [5, 5.41) is 0. The van der Waals surface area contributed by atoms with E-state index in [4.69, 9.17) is 11.6 Å². The van der Waals surface area contributed by atoms with Crippen LogP contribution < -0.4 is 4.89 Å². The molecule has 0 saturated heterocycles. The van der Waals surface area contributed by atoms with Crippen LogP contribution >= 0.6 is 19.9 Å². The van der Waals surface area contributed by atoms with Gasteiger partial charge in [-0.25, -0.2) is 0 Å². The first-order valence-electron chi connectivity index (χ1n) is 2.04. The van der Waals surface area contributed by atoms with E-state index in [2.05, 4.69) is 4.52 Å². The van der Waals surface area contributed by atoms with E-state index in [-0.39, 0.29) is 5.88 Å². The lowest BCUT2D eigenvalue weighted by Gasteiger charge is -1.96. The van der Waals surface area contributed by atoms with Gasteiger partial charge < -0.3 is 4.89 Å². The van der Waals surface area contributed by atoms with E-state index in [1.54, 1.807) is 6.92 Å². The summed E-state index contributed by atoms with van der Waals surface area (Å²) in [6, 6.07) is 0. The van der Waals surface area contributed by atoms with Crippen molar-refractivity contribution in [1.82, 2.24) is 0 Å². The summed E-state index contributed by atoms with van der Waals surface area (Å²) in [5.41, 5.74) is 0. The summed E-state index contributed by atoms with van der Waals surface area (Å²) < 4.78 is 13.9. The third-order valence-electron chi connectivity index (χ3n) is 0.483. The summed E-state index contributed by atoms with van der Waals surface area (Å²) in [4.78, 5) is 9.72. The van der Waals surface area contributed by atoms with Gasteiger partial charge in [0.05, 0.1) is 5.88 Å². The highest BCUT2D eigenvalue weighted by Gasteiger charge is 2.08. The van der Waals surface area contributed by atoms with Crippen LogP contribution in [-0.2, 0) is 9.09 Å². The van der Waals surface area contributed by atoms with E-state index < -0.39 is 14.4 Å². The van der Waals surface area contributed by atoms with E-state index in [1.807, 2.05) is 0 Å². The fourth-order valence-electron chi connectivity index (χ4n) is 0.175. The topological polar surface area (TPSA) is 49.4 Å². The van der Waals surface area contributed by atoms with Gasteiger partial charge in [-0.1, -0.05) is 0 Å². The van der Waals surface area contributed by atoms with Crippen molar-refractivity contribution in [1.29, 1.82) is 0 Å². The zero-order valence-electron chi connectivity index (χ0n) is 4.33. The van der Waals surface area contributed by atoms with Gasteiger partial charge in [-0.3, -0.25) is 0 Å². The molecule has 0 rings (SSSR count). The molecule has 0 aliphatic heterocycles. The molecule has 0 aromatic heterocycles. The Morgan fingerprint density at radius 3 is 2.62 bits per heavy atom. The van der Waals surface area contributed by atoms with Crippen LogP contribution in [0, 0.1) is 0 Å². The predicted octanol–water partition coefficient (Wildman–Crippen LogP) is 0.648. The molecule has 48 valence electrons. The maximum atomic E-state index is 9.72. The normalized spacial score (nSPS) is 15.6. The Labute approximate surface area is 53.6 Å². The summed E-state index contributed by atoms with van der Waals surface area (Å²) in [7, 11) is -2.73. The van der Waals surface area contributed by atoms with Crippen LogP contribution in [0.5, 0.6) is 0 Å². The molecule has 2 atom stereocenters. The van der Waals surface area contributed by atoms with Crippen molar-refractivity contribution in [2.75, 3.05) is 5.88 Å². The van der Waals surface area contributed by atoms with Gasteiger partial charge >= 0.3 is 8.25 Å². The van der Waals surface area contributed by atoms with Crippen LogP contribution in [-0.4, -0.2) is 12.0 Å². The van der Waals surface area contributed by atoms with Crippen molar-refractivity contribution in [3.63, 3.8) is 0 Å². The van der Waals surface area contributed by atoms with Crippen LogP contribution in [0.1, 0.15) is 6.92 Å². The molecule has 0 saturated carbocycles. The molecule has 8 heavy (non-hydrogen) atoms. The Morgan fingerprint density at radius 1 is 2.00 bits per heavy atom. The Bertz CT molecular complexity index is 86.6. The van der Waals surface area contributed by atoms with Crippen LogP contribution in [0.3, 0.4) is 0 Å². The maximum Gasteiger partial charge on any atom is 0.488 e. The fraction of sp³-hybridized carbons (Fsp3) is 1.00. The van der Waals surface area contributed by atoms with Gasteiger partial charge in [-0.2, -0.15) is 0 Å². The highest BCUT2D eigenvalue weighted by Crippen LogP contribution is 2.12. The number of hydrogen-bond donors (Lipinski definition) is 0. The van der Waals surface area contributed by atoms with E-state index in [1.165, 1.54) is 0 Å². The van der Waals surface area contributed by atoms with Crippen LogP contribution in [0.2, 0.25) is 0 Å². The number of rotatable bonds is 3. The lowest BCUT2D eigenvalue weighted by Crippen LogP contribution is -2.07. The van der Waals surface area contributed by atoms with Gasteiger partial charge in [0.1, 0.15) is 6.10 Å². The average molecular weight is 157 g/mol. The fourth-order valence-corrected chi connectivity index (χ4v) is 0.694.